The Bertz CT molecular complexity index is 1540. The van der Waals surface area contributed by atoms with Gasteiger partial charge in [-0.2, -0.15) is 22.0 Å². The van der Waals surface area contributed by atoms with Crippen LogP contribution in [-0.2, 0) is 25.6 Å². The summed E-state index contributed by atoms with van der Waals surface area (Å²) in [7, 11) is 0. The quantitative estimate of drug-likeness (QED) is 0.132. The first kappa shape index (κ1) is 37.6. The molecule has 3 aromatic rings. The molecule has 7 nitrogen and oxygen atoms in total. The van der Waals surface area contributed by atoms with Gasteiger partial charge in [0.1, 0.15) is 12.6 Å². The van der Waals surface area contributed by atoms with Crippen LogP contribution >= 0.6 is 27.5 Å². The monoisotopic (exact) mass is 743 g/mol. The Labute approximate surface area is 281 Å². The molecule has 0 radical (unpaired) electrons. The summed E-state index contributed by atoms with van der Waals surface area (Å²) < 4.78 is 67.9. The molecule has 0 heterocycles. The summed E-state index contributed by atoms with van der Waals surface area (Å²) >= 11 is 9.37. The number of nitrogens with one attached hydrogen (secondary N) is 3. The van der Waals surface area contributed by atoms with E-state index in [1.165, 1.54) is 13.8 Å². The molecule has 3 atom stereocenters. The number of alkyl halides is 5. The summed E-state index contributed by atoms with van der Waals surface area (Å²) in [4.78, 5) is 51.8. The van der Waals surface area contributed by atoms with Crippen LogP contribution < -0.4 is 16.0 Å². The molecule has 0 saturated heterocycles. The Hall–Kier alpha value is -3.84. The summed E-state index contributed by atoms with van der Waals surface area (Å²) in [5.74, 6) is -12.5. The van der Waals surface area contributed by atoms with Gasteiger partial charge >= 0.3 is 12.1 Å². The first-order valence-electron chi connectivity index (χ1n) is 14.4. The van der Waals surface area contributed by atoms with Crippen LogP contribution in [0.5, 0.6) is 0 Å². The van der Waals surface area contributed by atoms with E-state index >= 15 is 0 Å². The van der Waals surface area contributed by atoms with Crippen molar-refractivity contribution in [3.63, 3.8) is 0 Å². The van der Waals surface area contributed by atoms with Crippen molar-refractivity contribution in [1.82, 2.24) is 16.0 Å². The number of benzene rings is 3. The fourth-order valence-corrected chi connectivity index (χ4v) is 5.09. The smallest absolute Gasteiger partial charge is 0.344 e. The number of carbonyl (C=O) groups excluding carboxylic acids is 4. The van der Waals surface area contributed by atoms with Gasteiger partial charge in [0, 0.05) is 28.3 Å². The van der Waals surface area contributed by atoms with Gasteiger partial charge in [-0.1, -0.05) is 96.0 Å². The highest BCUT2D eigenvalue weighted by Gasteiger charge is 2.52. The fourth-order valence-electron chi connectivity index (χ4n) is 4.70. The van der Waals surface area contributed by atoms with Gasteiger partial charge in [-0.25, -0.2) is 0 Å². The van der Waals surface area contributed by atoms with Gasteiger partial charge < -0.3 is 16.0 Å². The van der Waals surface area contributed by atoms with Crippen molar-refractivity contribution in [3.8, 4) is 0 Å². The predicted molar refractivity (Wildman–Crippen MR) is 170 cm³/mol. The molecule has 0 aliphatic rings. The van der Waals surface area contributed by atoms with Crippen molar-refractivity contribution in [2.75, 3.05) is 6.54 Å². The molecule has 14 heteroatoms. The summed E-state index contributed by atoms with van der Waals surface area (Å²) in [5, 5.41) is 6.25. The number of hydrogen-bond donors (Lipinski definition) is 3. The minimum atomic E-state index is -5.00. The molecule has 3 unspecified atom stereocenters. The molecule has 47 heavy (non-hydrogen) atoms. The number of carbonyl (C=O) groups is 4. The lowest BCUT2D eigenvalue weighted by Gasteiger charge is -2.28. The Morgan fingerprint density at radius 2 is 1.38 bits per heavy atom. The van der Waals surface area contributed by atoms with Crippen molar-refractivity contribution in [2.24, 2.45) is 5.92 Å². The molecule has 252 valence electrons. The second-order valence-electron chi connectivity index (χ2n) is 11.1. The average Bonchev–Trinajstić information content (AvgIpc) is 3.02. The molecule has 0 aliphatic heterocycles. The molecule has 3 N–H and O–H groups in total. The summed E-state index contributed by atoms with van der Waals surface area (Å²) in [6.07, 6.45) is -5.24. The number of halogens is 7. The highest BCUT2D eigenvalue weighted by Crippen LogP contribution is 2.29. The van der Waals surface area contributed by atoms with E-state index in [2.05, 4.69) is 26.6 Å². The molecule has 0 bridgehead atoms. The van der Waals surface area contributed by atoms with Crippen LogP contribution in [-0.4, -0.2) is 54.2 Å². The average molecular weight is 745 g/mol. The molecule has 3 aromatic carbocycles. The first-order chi connectivity index (χ1) is 22.0. The van der Waals surface area contributed by atoms with E-state index in [0.29, 0.717) is 10.6 Å². The normalized spacial score (nSPS) is 13.7. The maximum atomic E-state index is 14.8. The van der Waals surface area contributed by atoms with Gasteiger partial charge in [0.15, 0.2) is 0 Å². The number of ketones is 1. The standard InChI is InChI=1S/C33H32BrClF5N3O4/c1-19(2)28(29(45)33(39,40)31(47)41-18-32(36,37)38)43-30(46)26(16-20-8-14-24(35)15-9-20)42-27(44)17-25(21-6-4-3-5-7-21)22-10-12-23(34)13-11-22/h3-15,19,25-26,28H,16-18H2,1-2H3,(H,41,47)(H,42,44)(H,43,46). The minimum absolute atomic E-state index is 0.111. The zero-order valence-corrected chi connectivity index (χ0v) is 27.6. The van der Waals surface area contributed by atoms with Crippen molar-refractivity contribution in [1.29, 1.82) is 0 Å². The van der Waals surface area contributed by atoms with Crippen molar-refractivity contribution < 1.29 is 41.1 Å². The van der Waals surface area contributed by atoms with Gasteiger partial charge in [-0.3, -0.25) is 19.2 Å². The Kier molecular flexibility index (Phi) is 13.1. The van der Waals surface area contributed by atoms with Crippen LogP contribution in [0.4, 0.5) is 22.0 Å². The SMILES string of the molecule is CC(C)C(NC(=O)C(Cc1ccc(Cl)cc1)NC(=O)CC(c1ccccc1)c1ccc(Br)cc1)C(=O)C(F)(F)C(=O)NCC(F)(F)F. The molecular weight excluding hydrogens is 713 g/mol. The third-order valence-corrected chi connectivity index (χ3v) is 7.94. The van der Waals surface area contributed by atoms with Crippen molar-refractivity contribution in [2.45, 2.75) is 56.8 Å². The molecule has 0 aromatic heterocycles. The maximum Gasteiger partial charge on any atom is 0.405 e. The molecule has 0 saturated carbocycles. The number of amides is 3. The van der Waals surface area contributed by atoms with Crippen LogP contribution in [0, 0.1) is 5.92 Å². The predicted octanol–water partition coefficient (Wildman–Crippen LogP) is 6.38. The highest BCUT2D eigenvalue weighted by atomic mass is 79.9. The summed E-state index contributed by atoms with van der Waals surface area (Å²) in [6, 6.07) is 19.4. The van der Waals surface area contributed by atoms with Crippen LogP contribution in [0.25, 0.3) is 0 Å². The summed E-state index contributed by atoms with van der Waals surface area (Å²) in [6.45, 7) is 0.539. The van der Waals surface area contributed by atoms with Crippen LogP contribution in [0.3, 0.4) is 0 Å². The molecule has 0 spiro atoms. The van der Waals surface area contributed by atoms with Crippen LogP contribution in [0.1, 0.15) is 42.9 Å². The van der Waals surface area contributed by atoms with E-state index in [4.69, 9.17) is 11.6 Å². The molecule has 3 amide bonds. The molecular formula is C33H32BrClF5N3O4. The van der Waals surface area contributed by atoms with Crippen LogP contribution in [0.2, 0.25) is 5.02 Å². The third-order valence-electron chi connectivity index (χ3n) is 7.16. The molecule has 3 rings (SSSR count). The van der Waals surface area contributed by atoms with E-state index in [0.717, 1.165) is 20.9 Å². The zero-order chi connectivity index (χ0) is 34.9. The van der Waals surface area contributed by atoms with Gasteiger partial charge in [0.2, 0.25) is 17.6 Å². The topological polar surface area (TPSA) is 104 Å². The lowest BCUT2D eigenvalue weighted by molar-refractivity contribution is -0.165. The van der Waals surface area contributed by atoms with E-state index in [1.807, 2.05) is 54.6 Å². The second kappa shape index (κ2) is 16.3. The number of rotatable bonds is 14. The number of Topliss-reactive ketones (excluding diaryl/α,β-unsaturated/α-hetero) is 1. The summed E-state index contributed by atoms with van der Waals surface area (Å²) in [5.41, 5.74) is 2.16. The molecule has 0 aliphatic carbocycles. The third kappa shape index (κ3) is 11.1. The van der Waals surface area contributed by atoms with E-state index in [9.17, 15) is 41.1 Å². The highest BCUT2D eigenvalue weighted by molar-refractivity contribution is 9.10. The van der Waals surface area contributed by atoms with Crippen molar-refractivity contribution in [3.05, 3.63) is 105 Å². The lowest BCUT2D eigenvalue weighted by Crippen LogP contribution is -2.59. The van der Waals surface area contributed by atoms with Crippen LogP contribution in [0.15, 0.2) is 83.3 Å². The zero-order valence-electron chi connectivity index (χ0n) is 25.2. The number of hydrogen-bond acceptors (Lipinski definition) is 4. The van der Waals surface area contributed by atoms with Gasteiger partial charge in [-0.05, 0) is 46.9 Å². The van der Waals surface area contributed by atoms with Gasteiger partial charge in [-0.15, -0.1) is 0 Å². The van der Waals surface area contributed by atoms with Gasteiger partial charge in [0.25, 0.3) is 5.91 Å². The first-order valence-corrected chi connectivity index (χ1v) is 15.6. The minimum Gasteiger partial charge on any atom is -0.344 e. The Balaban J connectivity index is 1.87. The molecule has 0 fully saturated rings. The Morgan fingerprint density at radius 1 is 0.809 bits per heavy atom. The van der Waals surface area contributed by atoms with E-state index in [1.54, 1.807) is 24.3 Å². The lowest BCUT2D eigenvalue weighted by atomic mass is 9.88. The fraction of sp³-hybridized carbons (Fsp3) is 0.333. The Morgan fingerprint density at radius 3 is 1.94 bits per heavy atom. The van der Waals surface area contributed by atoms with Gasteiger partial charge in [0.05, 0.1) is 6.04 Å². The maximum absolute atomic E-state index is 14.8. The van der Waals surface area contributed by atoms with E-state index in [-0.39, 0.29) is 12.8 Å². The van der Waals surface area contributed by atoms with E-state index < -0.39 is 66.1 Å². The van der Waals surface area contributed by atoms with Crippen molar-refractivity contribution >= 4 is 51.0 Å². The second-order valence-corrected chi connectivity index (χ2v) is 12.5. The largest absolute Gasteiger partial charge is 0.405 e.